The molecule has 0 bridgehead atoms. The van der Waals surface area contributed by atoms with Crippen LogP contribution < -0.4 is 10.5 Å². The second kappa shape index (κ2) is 5.95. The van der Waals surface area contributed by atoms with Crippen LogP contribution in [0.5, 0.6) is 11.5 Å². The highest BCUT2D eigenvalue weighted by Gasteiger charge is 2.35. The van der Waals surface area contributed by atoms with Crippen molar-refractivity contribution < 1.29 is 23.0 Å². The van der Waals surface area contributed by atoms with E-state index < -0.39 is 17.5 Å². The van der Waals surface area contributed by atoms with Crippen LogP contribution in [0, 0.1) is 0 Å². The minimum absolute atomic E-state index is 0.0470. The maximum atomic E-state index is 12.8. The van der Waals surface area contributed by atoms with Gasteiger partial charge in [0.25, 0.3) is 0 Å². The third kappa shape index (κ3) is 3.29. The SMILES string of the molecule is COc1ccc(C(F)(F)F)c(CCCCN)c1O. The van der Waals surface area contributed by atoms with Crippen molar-refractivity contribution in [1.82, 2.24) is 0 Å². The maximum Gasteiger partial charge on any atom is 0.416 e. The van der Waals surface area contributed by atoms with E-state index in [2.05, 4.69) is 0 Å². The lowest BCUT2D eigenvalue weighted by Gasteiger charge is -2.16. The standard InChI is InChI=1S/C12H16F3NO2/c1-18-10-6-5-9(12(13,14)15)8(11(10)17)4-2-3-7-16/h5-6,17H,2-4,7,16H2,1H3. The van der Waals surface area contributed by atoms with Crippen molar-refractivity contribution in [3.63, 3.8) is 0 Å². The number of aromatic hydroxyl groups is 1. The van der Waals surface area contributed by atoms with Gasteiger partial charge in [-0.25, -0.2) is 0 Å². The number of hydrogen-bond donors (Lipinski definition) is 2. The molecule has 18 heavy (non-hydrogen) atoms. The molecule has 1 aromatic carbocycles. The molecule has 0 atom stereocenters. The Hall–Kier alpha value is -1.43. The Morgan fingerprint density at radius 3 is 2.44 bits per heavy atom. The Kier molecular flexibility index (Phi) is 4.84. The molecule has 0 saturated heterocycles. The highest BCUT2D eigenvalue weighted by Crippen LogP contribution is 2.40. The van der Waals surface area contributed by atoms with Crippen LogP contribution in [0.2, 0.25) is 0 Å². The van der Waals surface area contributed by atoms with Crippen LogP contribution in [0.15, 0.2) is 12.1 Å². The third-order valence-corrected chi connectivity index (χ3v) is 2.65. The van der Waals surface area contributed by atoms with Gasteiger partial charge in [-0.15, -0.1) is 0 Å². The molecule has 0 fully saturated rings. The monoisotopic (exact) mass is 263 g/mol. The smallest absolute Gasteiger partial charge is 0.416 e. The van der Waals surface area contributed by atoms with E-state index >= 15 is 0 Å². The van der Waals surface area contributed by atoms with Gasteiger partial charge in [-0.3, -0.25) is 0 Å². The number of hydrogen-bond acceptors (Lipinski definition) is 3. The average molecular weight is 263 g/mol. The van der Waals surface area contributed by atoms with Crippen molar-refractivity contribution in [1.29, 1.82) is 0 Å². The molecule has 1 aromatic rings. The molecule has 0 aliphatic heterocycles. The number of halogens is 3. The number of unbranched alkanes of at least 4 members (excludes halogenated alkanes) is 1. The predicted octanol–water partition coefficient (Wildman–Crippen LogP) is 2.70. The summed E-state index contributed by atoms with van der Waals surface area (Å²) in [5.41, 5.74) is 4.35. The summed E-state index contributed by atoms with van der Waals surface area (Å²) in [4.78, 5) is 0. The van der Waals surface area contributed by atoms with Crippen LogP contribution in [-0.4, -0.2) is 18.8 Å². The molecular formula is C12H16F3NO2. The molecule has 1 rings (SSSR count). The van der Waals surface area contributed by atoms with Crippen LogP contribution in [-0.2, 0) is 12.6 Å². The Morgan fingerprint density at radius 1 is 1.28 bits per heavy atom. The summed E-state index contributed by atoms with van der Waals surface area (Å²) in [6.07, 6.45) is -3.27. The van der Waals surface area contributed by atoms with Gasteiger partial charge in [0.05, 0.1) is 12.7 Å². The first-order valence-electron chi connectivity index (χ1n) is 5.58. The van der Waals surface area contributed by atoms with Crippen molar-refractivity contribution in [3.8, 4) is 11.5 Å². The minimum atomic E-state index is -4.48. The summed E-state index contributed by atoms with van der Waals surface area (Å²) >= 11 is 0. The molecule has 6 heteroatoms. The van der Waals surface area contributed by atoms with E-state index in [4.69, 9.17) is 10.5 Å². The van der Waals surface area contributed by atoms with Crippen molar-refractivity contribution >= 4 is 0 Å². The summed E-state index contributed by atoms with van der Waals surface area (Å²) < 4.78 is 43.2. The molecule has 0 unspecified atom stereocenters. The fourth-order valence-corrected chi connectivity index (χ4v) is 1.74. The summed E-state index contributed by atoms with van der Waals surface area (Å²) in [6, 6.07) is 2.04. The fraction of sp³-hybridized carbons (Fsp3) is 0.500. The second-order valence-corrected chi connectivity index (χ2v) is 3.89. The molecule has 0 aliphatic carbocycles. The van der Waals surface area contributed by atoms with Gasteiger partial charge in [0.2, 0.25) is 0 Å². The summed E-state index contributed by atoms with van der Waals surface area (Å²) in [7, 11) is 1.30. The molecule has 0 heterocycles. The summed E-state index contributed by atoms with van der Waals surface area (Å²) in [5.74, 6) is -0.393. The van der Waals surface area contributed by atoms with Crippen molar-refractivity contribution in [2.45, 2.75) is 25.4 Å². The van der Waals surface area contributed by atoms with E-state index in [0.717, 1.165) is 12.1 Å². The molecule has 0 amide bonds. The van der Waals surface area contributed by atoms with Crippen LogP contribution in [0.3, 0.4) is 0 Å². The number of ether oxygens (including phenoxy) is 1. The Balaban J connectivity index is 3.14. The van der Waals surface area contributed by atoms with Gasteiger partial charge >= 0.3 is 6.18 Å². The van der Waals surface area contributed by atoms with Gasteiger partial charge in [0.1, 0.15) is 0 Å². The number of methoxy groups -OCH3 is 1. The highest BCUT2D eigenvalue weighted by atomic mass is 19.4. The van der Waals surface area contributed by atoms with Crippen molar-refractivity contribution in [3.05, 3.63) is 23.3 Å². The fourth-order valence-electron chi connectivity index (χ4n) is 1.74. The van der Waals surface area contributed by atoms with E-state index in [0.29, 0.717) is 19.4 Å². The van der Waals surface area contributed by atoms with Crippen LogP contribution in [0.25, 0.3) is 0 Å². The number of rotatable bonds is 5. The van der Waals surface area contributed by atoms with E-state index in [1.807, 2.05) is 0 Å². The molecule has 102 valence electrons. The second-order valence-electron chi connectivity index (χ2n) is 3.89. The van der Waals surface area contributed by atoms with Crippen LogP contribution >= 0.6 is 0 Å². The highest BCUT2D eigenvalue weighted by molar-refractivity contribution is 5.50. The predicted molar refractivity (Wildman–Crippen MR) is 61.7 cm³/mol. The number of benzene rings is 1. The molecular weight excluding hydrogens is 247 g/mol. The molecule has 0 aromatic heterocycles. The first-order valence-corrected chi connectivity index (χ1v) is 5.58. The van der Waals surface area contributed by atoms with Gasteiger partial charge in [-0.2, -0.15) is 13.2 Å². The van der Waals surface area contributed by atoms with E-state index in [1.165, 1.54) is 7.11 Å². The van der Waals surface area contributed by atoms with E-state index in [-0.39, 0.29) is 17.7 Å². The largest absolute Gasteiger partial charge is 0.504 e. The maximum absolute atomic E-state index is 12.8. The van der Waals surface area contributed by atoms with Gasteiger partial charge in [-0.1, -0.05) is 0 Å². The molecule has 0 aliphatic rings. The van der Waals surface area contributed by atoms with Gasteiger partial charge in [0, 0.05) is 5.56 Å². The van der Waals surface area contributed by atoms with Gasteiger partial charge in [0.15, 0.2) is 11.5 Å². The quantitative estimate of drug-likeness (QED) is 0.803. The molecule has 0 radical (unpaired) electrons. The Labute approximate surface area is 103 Å². The molecule has 3 nitrogen and oxygen atoms in total. The topological polar surface area (TPSA) is 55.5 Å². The lowest BCUT2D eigenvalue weighted by Crippen LogP contribution is -2.10. The van der Waals surface area contributed by atoms with Gasteiger partial charge < -0.3 is 15.6 Å². The number of phenolic OH excluding ortho intramolecular Hbond substituents is 1. The summed E-state index contributed by atoms with van der Waals surface area (Å²) in [6.45, 7) is 0.409. The number of alkyl halides is 3. The zero-order valence-electron chi connectivity index (χ0n) is 10.0. The number of phenols is 1. The molecule has 0 saturated carbocycles. The van der Waals surface area contributed by atoms with Crippen LogP contribution in [0.4, 0.5) is 13.2 Å². The van der Waals surface area contributed by atoms with Crippen molar-refractivity contribution in [2.75, 3.05) is 13.7 Å². The van der Waals surface area contributed by atoms with E-state index in [1.54, 1.807) is 0 Å². The zero-order valence-corrected chi connectivity index (χ0v) is 10.0. The first-order chi connectivity index (χ1) is 8.41. The average Bonchev–Trinajstić information content (AvgIpc) is 2.29. The summed E-state index contributed by atoms with van der Waals surface area (Å²) in [5, 5.41) is 9.78. The Morgan fingerprint density at radius 2 is 1.94 bits per heavy atom. The molecule has 0 spiro atoms. The zero-order chi connectivity index (χ0) is 13.8. The van der Waals surface area contributed by atoms with Crippen LogP contribution in [0.1, 0.15) is 24.0 Å². The third-order valence-electron chi connectivity index (χ3n) is 2.65. The minimum Gasteiger partial charge on any atom is -0.504 e. The number of nitrogens with two attached hydrogens (primary N) is 1. The Bertz CT molecular complexity index is 405. The lowest BCUT2D eigenvalue weighted by atomic mass is 9.99. The lowest BCUT2D eigenvalue weighted by molar-refractivity contribution is -0.138. The van der Waals surface area contributed by atoms with Crippen molar-refractivity contribution in [2.24, 2.45) is 5.73 Å². The van der Waals surface area contributed by atoms with Gasteiger partial charge in [-0.05, 0) is 37.9 Å². The normalized spacial score (nSPS) is 11.6. The first kappa shape index (κ1) is 14.6. The van der Waals surface area contributed by atoms with E-state index in [9.17, 15) is 18.3 Å². The molecule has 3 N–H and O–H groups in total.